The van der Waals surface area contributed by atoms with Crippen molar-refractivity contribution in [3.63, 3.8) is 0 Å². The molecule has 10 heteroatoms. The molecule has 0 unspecified atom stereocenters. The minimum Gasteiger partial charge on any atom is -0.481 e. The number of aliphatic carboxylic acids is 1. The molecule has 1 heterocycles. The molecule has 0 atom stereocenters. The quantitative estimate of drug-likeness (QED) is 0.310. The van der Waals surface area contributed by atoms with E-state index in [4.69, 9.17) is 4.98 Å². The maximum Gasteiger partial charge on any atom is 0.306 e. The van der Waals surface area contributed by atoms with Crippen LogP contribution in [0.15, 0.2) is 41.3 Å². The first-order chi connectivity index (χ1) is 18.9. The van der Waals surface area contributed by atoms with Gasteiger partial charge in [-0.1, -0.05) is 62.4 Å². The van der Waals surface area contributed by atoms with Crippen molar-refractivity contribution in [2.45, 2.75) is 88.6 Å². The molecule has 1 aromatic heterocycles. The fraction of sp³-hybridized carbons (Fsp3) is 0.500. The first-order valence-corrected chi connectivity index (χ1v) is 16.3. The zero-order valence-electron chi connectivity index (χ0n) is 23.2. The number of aromatic nitrogens is 1. The van der Waals surface area contributed by atoms with Crippen LogP contribution >= 0.6 is 11.3 Å². The highest BCUT2D eigenvalue weighted by molar-refractivity contribution is 7.89. The van der Waals surface area contributed by atoms with Crippen molar-refractivity contribution < 1.29 is 23.1 Å². The van der Waals surface area contributed by atoms with Gasteiger partial charge in [0, 0.05) is 22.5 Å². The maximum absolute atomic E-state index is 13.3. The molecule has 2 aliphatic rings. The van der Waals surface area contributed by atoms with Gasteiger partial charge < -0.3 is 10.4 Å². The fourth-order valence-electron chi connectivity index (χ4n) is 5.81. The summed E-state index contributed by atoms with van der Waals surface area (Å²) in [6.07, 6.45) is 7.52. The molecule has 2 fully saturated rings. The number of thiazole rings is 1. The van der Waals surface area contributed by atoms with E-state index in [1.54, 1.807) is 6.07 Å². The topological polar surface area (TPSA) is 125 Å². The average Bonchev–Trinajstić information content (AvgIpc) is 3.27. The number of hydrogen-bond donors (Lipinski definition) is 3. The van der Waals surface area contributed by atoms with E-state index in [0.29, 0.717) is 29.2 Å². The van der Waals surface area contributed by atoms with Gasteiger partial charge >= 0.3 is 5.97 Å². The van der Waals surface area contributed by atoms with Crippen molar-refractivity contribution >= 4 is 44.0 Å². The monoisotopic (exact) mass is 583 g/mol. The van der Waals surface area contributed by atoms with E-state index >= 15 is 0 Å². The molecule has 1 amide bonds. The Morgan fingerprint density at radius 2 is 1.70 bits per heavy atom. The molecule has 3 N–H and O–H groups in total. The van der Waals surface area contributed by atoms with E-state index in [0.717, 1.165) is 40.8 Å². The molecule has 3 aromatic rings. The van der Waals surface area contributed by atoms with E-state index in [-0.39, 0.29) is 16.8 Å². The van der Waals surface area contributed by atoms with Gasteiger partial charge in [-0.2, -0.15) is 0 Å². The third kappa shape index (κ3) is 6.24. The zero-order valence-corrected chi connectivity index (χ0v) is 24.8. The smallest absolute Gasteiger partial charge is 0.306 e. The summed E-state index contributed by atoms with van der Waals surface area (Å²) in [5, 5.41) is 13.9. The lowest BCUT2D eigenvalue weighted by atomic mass is 9.80. The minimum atomic E-state index is -3.77. The SMILES string of the molecule is CC(C)(C)NS(=O)(=O)c1ccc(-c2sc(C(=O)N[C@H]3C[C@H](C(=O)O)C3)nc2CC2CCCCC2)c2ccccc12. The summed E-state index contributed by atoms with van der Waals surface area (Å²) in [6.45, 7) is 5.44. The van der Waals surface area contributed by atoms with E-state index in [1.807, 2.05) is 51.1 Å². The average molecular weight is 584 g/mol. The molecule has 0 aliphatic heterocycles. The summed E-state index contributed by atoms with van der Waals surface area (Å²) in [7, 11) is -3.77. The van der Waals surface area contributed by atoms with Crippen LogP contribution in [-0.2, 0) is 21.2 Å². The van der Waals surface area contributed by atoms with Crippen molar-refractivity contribution in [3.8, 4) is 10.4 Å². The van der Waals surface area contributed by atoms with E-state index < -0.39 is 27.4 Å². The number of carbonyl (C=O) groups is 2. The first kappa shape index (κ1) is 28.7. The minimum absolute atomic E-state index is 0.164. The number of nitrogens with zero attached hydrogens (tertiary/aromatic N) is 1. The Hall–Kier alpha value is -2.82. The van der Waals surface area contributed by atoms with Crippen LogP contribution in [0.3, 0.4) is 0 Å². The van der Waals surface area contributed by atoms with Crippen LogP contribution in [0.5, 0.6) is 0 Å². The van der Waals surface area contributed by atoms with E-state index in [9.17, 15) is 23.1 Å². The van der Waals surface area contributed by atoms with Crippen LogP contribution < -0.4 is 10.0 Å². The summed E-state index contributed by atoms with van der Waals surface area (Å²) in [4.78, 5) is 30.3. The molecule has 214 valence electrons. The summed E-state index contributed by atoms with van der Waals surface area (Å²) in [5.74, 6) is -1.02. The van der Waals surface area contributed by atoms with Crippen LogP contribution in [0.1, 0.15) is 81.2 Å². The third-order valence-corrected chi connectivity index (χ3v) is 10.7. The molecule has 8 nitrogen and oxygen atoms in total. The van der Waals surface area contributed by atoms with Gasteiger partial charge in [0.2, 0.25) is 10.0 Å². The molecule has 0 bridgehead atoms. The van der Waals surface area contributed by atoms with Gasteiger partial charge in [0.1, 0.15) is 0 Å². The molecular weight excluding hydrogens is 546 g/mol. The molecular formula is C30H37N3O5S2. The fourth-order valence-corrected chi connectivity index (χ4v) is 8.48. The highest BCUT2D eigenvalue weighted by Gasteiger charge is 2.36. The Morgan fingerprint density at radius 3 is 2.35 bits per heavy atom. The summed E-state index contributed by atoms with van der Waals surface area (Å²) in [6, 6.07) is 10.8. The highest BCUT2D eigenvalue weighted by Crippen LogP contribution is 2.40. The van der Waals surface area contributed by atoms with Crippen molar-refractivity contribution in [1.29, 1.82) is 0 Å². The number of sulfonamides is 1. The van der Waals surface area contributed by atoms with E-state index in [2.05, 4.69) is 10.0 Å². The summed E-state index contributed by atoms with van der Waals surface area (Å²) in [5.41, 5.74) is 1.10. The van der Waals surface area contributed by atoms with Crippen LogP contribution in [-0.4, -0.2) is 42.0 Å². The normalized spacial score (nSPS) is 20.3. The van der Waals surface area contributed by atoms with Gasteiger partial charge in [-0.05, 0) is 57.4 Å². The zero-order chi connectivity index (χ0) is 28.7. The second-order valence-electron chi connectivity index (χ2n) is 12.2. The third-order valence-electron chi connectivity index (χ3n) is 7.78. The largest absolute Gasteiger partial charge is 0.481 e. The molecule has 2 aliphatic carbocycles. The van der Waals surface area contributed by atoms with Gasteiger partial charge in [-0.3, -0.25) is 9.59 Å². The predicted octanol–water partition coefficient (Wildman–Crippen LogP) is 5.76. The Labute approximate surface area is 239 Å². The predicted molar refractivity (Wildman–Crippen MR) is 157 cm³/mol. The molecule has 0 spiro atoms. The van der Waals surface area contributed by atoms with Crippen LogP contribution in [0.2, 0.25) is 0 Å². The van der Waals surface area contributed by atoms with Crippen molar-refractivity contribution in [2.24, 2.45) is 11.8 Å². The lowest BCUT2D eigenvalue weighted by Crippen LogP contribution is -2.46. The van der Waals surface area contributed by atoms with Gasteiger partial charge in [0.05, 0.1) is 21.4 Å². The van der Waals surface area contributed by atoms with Crippen molar-refractivity contribution in [1.82, 2.24) is 15.0 Å². The number of benzene rings is 2. The highest BCUT2D eigenvalue weighted by atomic mass is 32.2. The molecule has 40 heavy (non-hydrogen) atoms. The molecule has 0 radical (unpaired) electrons. The number of hydrogen-bond acceptors (Lipinski definition) is 6. The number of nitrogens with one attached hydrogen (secondary N) is 2. The number of fused-ring (bicyclic) bond motifs is 1. The summed E-state index contributed by atoms with van der Waals surface area (Å²) < 4.78 is 29.4. The maximum atomic E-state index is 13.3. The first-order valence-electron chi connectivity index (χ1n) is 14.0. The van der Waals surface area contributed by atoms with Crippen LogP contribution in [0, 0.1) is 11.8 Å². The molecule has 2 saturated carbocycles. The number of carboxylic acids is 1. The van der Waals surface area contributed by atoms with Gasteiger partial charge in [0.25, 0.3) is 5.91 Å². The number of carboxylic acid groups (broad SMARTS) is 1. The lowest BCUT2D eigenvalue weighted by molar-refractivity contribution is -0.145. The lowest BCUT2D eigenvalue weighted by Gasteiger charge is -2.32. The number of carbonyl (C=O) groups excluding carboxylic acids is 1. The van der Waals surface area contributed by atoms with Gasteiger partial charge in [-0.25, -0.2) is 18.1 Å². The van der Waals surface area contributed by atoms with Crippen LogP contribution in [0.4, 0.5) is 0 Å². The second kappa shape index (κ2) is 11.2. The standard InChI is InChI=1S/C30H37N3O5S2/c1-30(2,3)33-40(37,38)25-14-13-23(21-11-7-8-12-22(21)25)26-24(15-18-9-5-4-6-10-18)32-28(39-26)27(34)31-20-16-19(17-20)29(35)36/h7-8,11-14,18-20,33H,4-6,9-10,15-17H2,1-3H3,(H,31,34)(H,35,36)/t19-,20-. The second-order valence-corrected chi connectivity index (χ2v) is 14.8. The van der Waals surface area contributed by atoms with Crippen molar-refractivity contribution in [3.05, 3.63) is 47.1 Å². The molecule has 5 rings (SSSR count). The van der Waals surface area contributed by atoms with Crippen LogP contribution in [0.25, 0.3) is 21.2 Å². The molecule has 2 aromatic carbocycles. The number of amides is 1. The van der Waals surface area contributed by atoms with E-state index in [1.165, 1.54) is 30.6 Å². The van der Waals surface area contributed by atoms with Crippen molar-refractivity contribution in [2.75, 3.05) is 0 Å². The Morgan fingerprint density at radius 1 is 1.02 bits per heavy atom. The number of rotatable bonds is 8. The molecule has 0 saturated heterocycles. The Bertz CT molecular complexity index is 1530. The van der Waals surface area contributed by atoms with Gasteiger partial charge in [-0.15, -0.1) is 11.3 Å². The summed E-state index contributed by atoms with van der Waals surface area (Å²) >= 11 is 1.33. The van der Waals surface area contributed by atoms with Gasteiger partial charge in [0.15, 0.2) is 5.01 Å². The Balaban J connectivity index is 1.53. The Kier molecular flexibility index (Phi) is 8.05.